The van der Waals surface area contributed by atoms with Crippen molar-refractivity contribution in [3.63, 3.8) is 0 Å². The van der Waals surface area contributed by atoms with Crippen molar-refractivity contribution in [1.82, 2.24) is 4.90 Å². The first-order valence-corrected chi connectivity index (χ1v) is 8.51. The molecule has 2 unspecified atom stereocenters. The SMILES string of the molecule is OC1CCCCC1CN1CCN(c2cccc(Cl)c2)CC1. The molecule has 0 radical (unpaired) electrons. The molecule has 1 aromatic rings. The van der Waals surface area contributed by atoms with Gasteiger partial charge in [-0.25, -0.2) is 0 Å². The molecular weight excluding hydrogens is 284 g/mol. The first-order valence-electron chi connectivity index (χ1n) is 8.13. The topological polar surface area (TPSA) is 26.7 Å². The van der Waals surface area contributed by atoms with Gasteiger partial charge in [-0.05, 0) is 37.0 Å². The molecule has 0 bridgehead atoms. The van der Waals surface area contributed by atoms with E-state index in [0.29, 0.717) is 5.92 Å². The Bertz CT molecular complexity index is 460. The van der Waals surface area contributed by atoms with E-state index in [-0.39, 0.29) is 6.10 Å². The van der Waals surface area contributed by atoms with Crippen LogP contribution in [0.3, 0.4) is 0 Å². The van der Waals surface area contributed by atoms with E-state index in [4.69, 9.17) is 11.6 Å². The van der Waals surface area contributed by atoms with Crippen LogP contribution in [0.4, 0.5) is 5.69 Å². The van der Waals surface area contributed by atoms with Crippen LogP contribution in [0.1, 0.15) is 25.7 Å². The summed E-state index contributed by atoms with van der Waals surface area (Å²) in [5.41, 5.74) is 1.22. The van der Waals surface area contributed by atoms with Gasteiger partial charge in [0.25, 0.3) is 0 Å². The molecule has 21 heavy (non-hydrogen) atoms. The number of hydrogen-bond donors (Lipinski definition) is 1. The second-order valence-electron chi connectivity index (χ2n) is 6.38. The van der Waals surface area contributed by atoms with Crippen LogP contribution < -0.4 is 4.90 Å². The second-order valence-corrected chi connectivity index (χ2v) is 6.82. The van der Waals surface area contributed by atoms with Gasteiger partial charge in [-0.15, -0.1) is 0 Å². The fourth-order valence-corrected chi connectivity index (χ4v) is 3.78. The number of piperazine rings is 1. The highest BCUT2D eigenvalue weighted by Gasteiger charge is 2.26. The summed E-state index contributed by atoms with van der Waals surface area (Å²) in [6, 6.07) is 8.11. The maximum Gasteiger partial charge on any atom is 0.0580 e. The third-order valence-electron chi connectivity index (χ3n) is 4.91. The molecule has 116 valence electrons. The zero-order valence-corrected chi connectivity index (χ0v) is 13.3. The molecule has 2 aliphatic rings. The van der Waals surface area contributed by atoms with Crippen molar-refractivity contribution in [3.8, 4) is 0 Å². The highest BCUT2D eigenvalue weighted by molar-refractivity contribution is 6.30. The van der Waals surface area contributed by atoms with Crippen molar-refractivity contribution in [2.45, 2.75) is 31.8 Å². The molecule has 1 heterocycles. The van der Waals surface area contributed by atoms with E-state index in [9.17, 15) is 5.11 Å². The van der Waals surface area contributed by atoms with E-state index in [1.165, 1.54) is 24.9 Å². The quantitative estimate of drug-likeness (QED) is 0.930. The van der Waals surface area contributed by atoms with E-state index in [1.54, 1.807) is 0 Å². The summed E-state index contributed by atoms with van der Waals surface area (Å²) in [6.45, 7) is 5.31. The predicted molar refractivity (Wildman–Crippen MR) is 88.1 cm³/mol. The van der Waals surface area contributed by atoms with Gasteiger partial charge in [-0.2, -0.15) is 0 Å². The molecule has 4 heteroatoms. The monoisotopic (exact) mass is 308 g/mol. The van der Waals surface area contributed by atoms with Crippen molar-refractivity contribution in [1.29, 1.82) is 0 Å². The van der Waals surface area contributed by atoms with Gasteiger partial charge in [0.15, 0.2) is 0 Å². The minimum Gasteiger partial charge on any atom is -0.393 e. The molecule has 0 aromatic heterocycles. The summed E-state index contributed by atoms with van der Waals surface area (Å²) in [5, 5.41) is 10.9. The molecule has 1 saturated carbocycles. The smallest absolute Gasteiger partial charge is 0.0580 e. The molecule has 2 fully saturated rings. The molecule has 1 saturated heterocycles. The summed E-state index contributed by atoms with van der Waals surface area (Å²) in [7, 11) is 0. The number of rotatable bonds is 3. The normalized spacial score (nSPS) is 27.8. The molecule has 1 aromatic carbocycles. The number of anilines is 1. The highest BCUT2D eigenvalue weighted by Crippen LogP contribution is 2.26. The number of nitrogens with zero attached hydrogens (tertiary/aromatic N) is 2. The minimum atomic E-state index is -0.0790. The lowest BCUT2D eigenvalue weighted by Crippen LogP contribution is -2.49. The van der Waals surface area contributed by atoms with Crippen LogP contribution in [-0.2, 0) is 0 Å². The van der Waals surface area contributed by atoms with Gasteiger partial charge in [0.1, 0.15) is 0 Å². The van der Waals surface area contributed by atoms with Crippen molar-refractivity contribution in [2.75, 3.05) is 37.6 Å². The lowest BCUT2D eigenvalue weighted by Gasteiger charge is -2.39. The molecule has 3 nitrogen and oxygen atoms in total. The summed E-state index contributed by atoms with van der Waals surface area (Å²) in [4.78, 5) is 4.92. The van der Waals surface area contributed by atoms with Gasteiger partial charge in [0.05, 0.1) is 6.10 Å². The molecule has 0 amide bonds. The fraction of sp³-hybridized carbons (Fsp3) is 0.647. The average molecular weight is 309 g/mol. The molecule has 0 spiro atoms. The summed E-state index contributed by atoms with van der Waals surface area (Å²) >= 11 is 6.07. The first kappa shape index (κ1) is 15.1. The van der Waals surface area contributed by atoms with Crippen LogP contribution in [0, 0.1) is 5.92 Å². The van der Waals surface area contributed by atoms with Gasteiger partial charge >= 0.3 is 0 Å². The van der Waals surface area contributed by atoms with Crippen LogP contribution in [-0.4, -0.2) is 48.8 Å². The summed E-state index contributed by atoms with van der Waals surface area (Å²) < 4.78 is 0. The van der Waals surface area contributed by atoms with Crippen molar-refractivity contribution >= 4 is 17.3 Å². The Morgan fingerprint density at radius 3 is 2.57 bits per heavy atom. The van der Waals surface area contributed by atoms with Crippen LogP contribution in [0.25, 0.3) is 0 Å². The van der Waals surface area contributed by atoms with E-state index in [0.717, 1.165) is 44.2 Å². The van der Waals surface area contributed by atoms with Crippen molar-refractivity contribution in [2.24, 2.45) is 5.92 Å². The number of halogens is 1. The Morgan fingerprint density at radius 2 is 1.86 bits per heavy atom. The number of aliphatic hydroxyl groups is 1. The zero-order valence-electron chi connectivity index (χ0n) is 12.5. The number of aliphatic hydroxyl groups excluding tert-OH is 1. The Hall–Kier alpha value is -0.770. The molecule has 1 aliphatic heterocycles. The van der Waals surface area contributed by atoms with E-state index in [2.05, 4.69) is 15.9 Å². The molecular formula is C17H25ClN2O. The Morgan fingerprint density at radius 1 is 1.10 bits per heavy atom. The van der Waals surface area contributed by atoms with Gasteiger partial charge in [-0.3, -0.25) is 4.90 Å². The number of benzene rings is 1. The lowest BCUT2D eigenvalue weighted by molar-refractivity contribution is 0.0453. The first-order chi connectivity index (χ1) is 10.2. The molecule has 1 N–H and O–H groups in total. The fourth-order valence-electron chi connectivity index (χ4n) is 3.59. The van der Waals surface area contributed by atoms with Crippen LogP contribution in [0.5, 0.6) is 0 Å². The standard InChI is InChI=1S/C17H25ClN2O/c18-15-5-3-6-16(12-15)20-10-8-19(9-11-20)13-14-4-1-2-7-17(14)21/h3,5-6,12,14,17,21H,1-2,4,7-11,13H2. The van der Waals surface area contributed by atoms with Gasteiger partial charge < -0.3 is 10.0 Å². The third kappa shape index (κ3) is 3.91. The van der Waals surface area contributed by atoms with Crippen LogP contribution >= 0.6 is 11.6 Å². The summed E-state index contributed by atoms with van der Waals surface area (Å²) in [6.07, 6.45) is 4.58. The lowest BCUT2D eigenvalue weighted by atomic mass is 9.86. The maximum absolute atomic E-state index is 10.1. The Labute approximate surface area is 132 Å². The second kappa shape index (κ2) is 6.99. The van der Waals surface area contributed by atoms with E-state index < -0.39 is 0 Å². The molecule has 1 aliphatic carbocycles. The van der Waals surface area contributed by atoms with Gasteiger partial charge in [0, 0.05) is 43.4 Å². The van der Waals surface area contributed by atoms with E-state index >= 15 is 0 Å². The average Bonchev–Trinajstić information content (AvgIpc) is 2.50. The minimum absolute atomic E-state index is 0.0790. The predicted octanol–water partition coefficient (Wildman–Crippen LogP) is 3.01. The maximum atomic E-state index is 10.1. The van der Waals surface area contributed by atoms with Gasteiger partial charge in [0.2, 0.25) is 0 Å². The number of hydrogen-bond acceptors (Lipinski definition) is 3. The van der Waals surface area contributed by atoms with Crippen LogP contribution in [0.2, 0.25) is 5.02 Å². The Kier molecular flexibility index (Phi) is 5.04. The largest absolute Gasteiger partial charge is 0.393 e. The van der Waals surface area contributed by atoms with Crippen molar-refractivity contribution < 1.29 is 5.11 Å². The third-order valence-corrected chi connectivity index (χ3v) is 5.14. The van der Waals surface area contributed by atoms with E-state index in [1.807, 2.05) is 18.2 Å². The molecule has 3 rings (SSSR count). The van der Waals surface area contributed by atoms with Crippen LogP contribution in [0.15, 0.2) is 24.3 Å². The highest BCUT2D eigenvalue weighted by atomic mass is 35.5. The van der Waals surface area contributed by atoms with Crippen molar-refractivity contribution in [3.05, 3.63) is 29.3 Å². The molecule has 2 atom stereocenters. The Balaban J connectivity index is 1.51. The zero-order chi connectivity index (χ0) is 14.7. The summed E-state index contributed by atoms with van der Waals surface area (Å²) in [5.74, 6) is 0.483. The van der Waals surface area contributed by atoms with Gasteiger partial charge in [-0.1, -0.05) is 30.5 Å².